The van der Waals surface area contributed by atoms with Crippen molar-refractivity contribution in [2.45, 2.75) is 44.1 Å². The Morgan fingerprint density at radius 3 is 1.71 bits per heavy atom. The molecule has 0 saturated heterocycles. The molecule has 0 N–H and O–H groups in total. The van der Waals surface area contributed by atoms with E-state index in [9.17, 15) is 22.0 Å². The molecule has 0 bridgehead atoms. The van der Waals surface area contributed by atoms with Crippen molar-refractivity contribution in [1.82, 2.24) is 0 Å². The summed E-state index contributed by atoms with van der Waals surface area (Å²) >= 11 is 0. The molecular weight excluding hydrogens is 411 g/mol. The van der Waals surface area contributed by atoms with Crippen LogP contribution >= 0.6 is 0 Å². The van der Waals surface area contributed by atoms with Gasteiger partial charge in [-0.1, -0.05) is 30.3 Å². The number of benzene rings is 3. The summed E-state index contributed by atoms with van der Waals surface area (Å²) in [6, 6.07) is 14.2. The van der Waals surface area contributed by atoms with E-state index in [1.54, 1.807) is 0 Å². The largest absolute Gasteiger partial charge is 0.483 e. The van der Waals surface area contributed by atoms with Gasteiger partial charge in [0.1, 0.15) is 6.61 Å². The lowest BCUT2D eigenvalue weighted by atomic mass is 9.76. The fourth-order valence-corrected chi connectivity index (χ4v) is 4.29. The van der Waals surface area contributed by atoms with Crippen molar-refractivity contribution in [1.29, 1.82) is 0 Å². The average Bonchev–Trinajstić information content (AvgIpc) is 2.77. The molecule has 0 atom stereocenters. The molecule has 4 rings (SSSR count). The minimum atomic E-state index is -1.60. The molecule has 0 radical (unpaired) electrons. The van der Waals surface area contributed by atoms with E-state index >= 15 is 0 Å². The monoisotopic (exact) mass is 432 g/mol. The van der Waals surface area contributed by atoms with Gasteiger partial charge in [-0.15, -0.1) is 0 Å². The molecular formula is C25H21F5O. The summed E-state index contributed by atoms with van der Waals surface area (Å²) in [5, 5.41) is 0. The Hall–Kier alpha value is -2.89. The van der Waals surface area contributed by atoms with Crippen molar-refractivity contribution in [2.75, 3.05) is 0 Å². The molecule has 3 aromatic rings. The van der Waals surface area contributed by atoms with Gasteiger partial charge in [0.25, 0.3) is 0 Å². The molecule has 0 heterocycles. The van der Waals surface area contributed by atoms with Crippen LogP contribution in [0, 0.1) is 29.1 Å². The Morgan fingerprint density at radius 2 is 1.16 bits per heavy atom. The van der Waals surface area contributed by atoms with Gasteiger partial charge >= 0.3 is 0 Å². The number of rotatable bonds is 5. The molecule has 1 saturated carbocycles. The van der Waals surface area contributed by atoms with Crippen molar-refractivity contribution >= 4 is 0 Å². The zero-order chi connectivity index (χ0) is 22.0. The molecule has 0 aromatic heterocycles. The normalized spacial score (nSPS) is 18.7. The van der Waals surface area contributed by atoms with Crippen LogP contribution in [0.3, 0.4) is 0 Å². The Balaban J connectivity index is 1.43. The van der Waals surface area contributed by atoms with Crippen molar-refractivity contribution in [2.24, 2.45) is 0 Å². The highest BCUT2D eigenvalue weighted by atomic mass is 19.2. The van der Waals surface area contributed by atoms with Gasteiger partial charge in [0, 0.05) is 0 Å². The topological polar surface area (TPSA) is 9.23 Å². The summed E-state index contributed by atoms with van der Waals surface area (Å²) in [5.74, 6) is -6.24. The first-order valence-electron chi connectivity index (χ1n) is 10.2. The van der Waals surface area contributed by atoms with Gasteiger partial charge in [0.2, 0.25) is 0 Å². The smallest absolute Gasteiger partial charge is 0.194 e. The van der Waals surface area contributed by atoms with Gasteiger partial charge in [0.05, 0.1) is 0 Å². The minimum Gasteiger partial charge on any atom is -0.483 e. The molecule has 3 aromatic carbocycles. The van der Waals surface area contributed by atoms with E-state index in [1.165, 1.54) is 17.7 Å². The predicted octanol–water partition coefficient (Wildman–Crippen LogP) is 7.40. The number of hydrogen-bond donors (Lipinski definition) is 0. The summed E-state index contributed by atoms with van der Waals surface area (Å²) in [5.41, 5.74) is 1.79. The summed E-state index contributed by atoms with van der Waals surface area (Å²) in [6.45, 7) is -0.497. The van der Waals surface area contributed by atoms with Crippen LogP contribution in [-0.4, -0.2) is 0 Å². The Kier molecular flexibility index (Phi) is 6.25. The maximum absolute atomic E-state index is 14.6. The number of hydrogen-bond acceptors (Lipinski definition) is 1. The molecule has 0 spiro atoms. The first-order valence-corrected chi connectivity index (χ1v) is 10.2. The molecule has 0 unspecified atom stereocenters. The fourth-order valence-electron chi connectivity index (χ4n) is 4.29. The Bertz CT molecular complexity index is 1010. The van der Waals surface area contributed by atoms with Crippen LogP contribution in [0.4, 0.5) is 22.0 Å². The zero-order valence-electron chi connectivity index (χ0n) is 16.7. The molecule has 0 amide bonds. The van der Waals surface area contributed by atoms with Crippen LogP contribution < -0.4 is 4.74 Å². The molecule has 1 fully saturated rings. The second kappa shape index (κ2) is 9.08. The molecule has 1 nitrogen and oxygen atoms in total. The predicted molar refractivity (Wildman–Crippen MR) is 107 cm³/mol. The molecule has 31 heavy (non-hydrogen) atoms. The van der Waals surface area contributed by atoms with E-state index in [2.05, 4.69) is 12.1 Å². The summed E-state index contributed by atoms with van der Waals surface area (Å²) in [6.07, 6.45) is 3.54. The molecule has 1 aliphatic carbocycles. The van der Waals surface area contributed by atoms with Gasteiger partial charge < -0.3 is 4.74 Å². The lowest BCUT2D eigenvalue weighted by Crippen LogP contribution is -2.13. The SMILES string of the molecule is Fc1cc(COc2c(F)cc(C3CCC(c4ccccc4)CC3)cc2F)cc(F)c1F. The first kappa shape index (κ1) is 21.3. The summed E-state index contributed by atoms with van der Waals surface area (Å²) < 4.78 is 73.9. The van der Waals surface area contributed by atoms with Crippen molar-refractivity contribution in [3.63, 3.8) is 0 Å². The van der Waals surface area contributed by atoms with Gasteiger partial charge in [-0.3, -0.25) is 0 Å². The lowest BCUT2D eigenvalue weighted by Gasteiger charge is -2.29. The summed E-state index contributed by atoms with van der Waals surface area (Å²) in [7, 11) is 0. The van der Waals surface area contributed by atoms with Crippen molar-refractivity contribution in [3.05, 3.63) is 100 Å². The summed E-state index contributed by atoms with van der Waals surface area (Å²) in [4.78, 5) is 0. The third-order valence-corrected chi connectivity index (χ3v) is 5.92. The molecule has 162 valence electrons. The maximum Gasteiger partial charge on any atom is 0.194 e. The second-order valence-electron chi connectivity index (χ2n) is 7.94. The Labute approximate surface area is 177 Å². The van der Waals surface area contributed by atoms with Gasteiger partial charge in [0.15, 0.2) is 34.8 Å². The van der Waals surface area contributed by atoms with E-state index in [4.69, 9.17) is 4.74 Å². The van der Waals surface area contributed by atoms with Gasteiger partial charge in [-0.25, -0.2) is 22.0 Å². The highest BCUT2D eigenvalue weighted by Gasteiger charge is 2.25. The van der Waals surface area contributed by atoms with Crippen LogP contribution in [0.5, 0.6) is 5.75 Å². The molecule has 0 aliphatic heterocycles. The fraction of sp³-hybridized carbons (Fsp3) is 0.280. The van der Waals surface area contributed by atoms with Crippen LogP contribution in [0.2, 0.25) is 0 Å². The minimum absolute atomic E-state index is 0.0540. The molecule has 6 heteroatoms. The average molecular weight is 432 g/mol. The van der Waals surface area contributed by atoms with Crippen molar-refractivity contribution in [3.8, 4) is 5.75 Å². The van der Waals surface area contributed by atoms with E-state index in [1.807, 2.05) is 18.2 Å². The van der Waals surface area contributed by atoms with E-state index in [-0.39, 0.29) is 11.5 Å². The first-order chi connectivity index (χ1) is 14.9. The third kappa shape index (κ3) is 4.73. The van der Waals surface area contributed by atoms with Gasteiger partial charge in [-0.05, 0) is 78.5 Å². The second-order valence-corrected chi connectivity index (χ2v) is 7.94. The Morgan fingerprint density at radius 1 is 0.645 bits per heavy atom. The lowest BCUT2D eigenvalue weighted by molar-refractivity contribution is 0.271. The van der Waals surface area contributed by atoms with E-state index in [0.29, 0.717) is 11.5 Å². The van der Waals surface area contributed by atoms with Crippen LogP contribution in [0.15, 0.2) is 54.6 Å². The highest BCUT2D eigenvalue weighted by molar-refractivity contribution is 5.34. The highest BCUT2D eigenvalue weighted by Crippen LogP contribution is 2.41. The van der Waals surface area contributed by atoms with Crippen molar-refractivity contribution < 1.29 is 26.7 Å². The van der Waals surface area contributed by atoms with E-state index < -0.39 is 41.4 Å². The zero-order valence-corrected chi connectivity index (χ0v) is 16.7. The molecule has 1 aliphatic rings. The number of halogens is 5. The number of ether oxygens (including phenoxy) is 1. The van der Waals surface area contributed by atoms with Crippen LogP contribution in [0.1, 0.15) is 54.2 Å². The van der Waals surface area contributed by atoms with E-state index in [0.717, 1.165) is 37.8 Å². The van der Waals surface area contributed by atoms with Gasteiger partial charge in [-0.2, -0.15) is 0 Å². The van der Waals surface area contributed by atoms with Crippen LogP contribution in [0.25, 0.3) is 0 Å². The third-order valence-electron chi connectivity index (χ3n) is 5.92. The standard InChI is InChI=1S/C25H21F5O/c26-20-10-15(11-21(27)24(20)30)14-31-25-22(28)12-19(13-23(25)29)18-8-6-17(7-9-18)16-4-2-1-3-5-16/h1-5,10-13,17-18H,6-9,14H2. The van der Waals surface area contributed by atoms with Crippen LogP contribution in [-0.2, 0) is 6.61 Å². The maximum atomic E-state index is 14.6. The quantitative estimate of drug-likeness (QED) is 0.301.